The van der Waals surface area contributed by atoms with Gasteiger partial charge in [-0.05, 0) is 18.2 Å². The third-order valence-electron chi connectivity index (χ3n) is 2.63. The molecular formula is C13H14O6. The first-order valence-electron chi connectivity index (χ1n) is 5.86. The minimum atomic E-state index is -1.08. The zero-order valence-electron chi connectivity index (χ0n) is 10.2. The van der Waals surface area contributed by atoms with E-state index in [1.54, 1.807) is 0 Å². The number of carboxylic acid groups (broad SMARTS) is 1. The number of hydrogen-bond acceptors (Lipinski definition) is 5. The topological polar surface area (TPSA) is 82.1 Å². The SMILES string of the molecule is O=C(O)c1cccc(C(=O)OCC2COCCO2)c1. The van der Waals surface area contributed by atoms with E-state index in [1.165, 1.54) is 24.3 Å². The van der Waals surface area contributed by atoms with E-state index < -0.39 is 11.9 Å². The van der Waals surface area contributed by atoms with E-state index in [9.17, 15) is 9.59 Å². The molecule has 19 heavy (non-hydrogen) atoms. The highest BCUT2D eigenvalue weighted by Crippen LogP contribution is 2.08. The van der Waals surface area contributed by atoms with Crippen LogP contribution in [0.3, 0.4) is 0 Å². The predicted octanol–water partition coefficient (Wildman–Crippen LogP) is 0.957. The standard InChI is InChI=1S/C13H14O6/c14-12(15)9-2-1-3-10(6-9)13(16)19-8-11-7-17-4-5-18-11/h1-3,6,11H,4-5,7-8H2,(H,14,15). The van der Waals surface area contributed by atoms with Crippen LogP contribution in [-0.4, -0.2) is 49.6 Å². The third kappa shape index (κ3) is 3.77. The van der Waals surface area contributed by atoms with Crippen molar-refractivity contribution in [3.8, 4) is 0 Å². The molecule has 1 aliphatic rings. The van der Waals surface area contributed by atoms with Gasteiger partial charge in [0, 0.05) is 0 Å². The maximum Gasteiger partial charge on any atom is 0.338 e. The van der Waals surface area contributed by atoms with Crippen molar-refractivity contribution in [2.24, 2.45) is 0 Å². The molecular weight excluding hydrogens is 252 g/mol. The van der Waals surface area contributed by atoms with Crippen LogP contribution in [0.4, 0.5) is 0 Å². The van der Waals surface area contributed by atoms with Gasteiger partial charge in [0.05, 0.1) is 30.9 Å². The van der Waals surface area contributed by atoms with Gasteiger partial charge < -0.3 is 19.3 Å². The number of aromatic carboxylic acids is 1. The van der Waals surface area contributed by atoms with Gasteiger partial charge in [-0.2, -0.15) is 0 Å². The average Bonchev–Trinajstić information content (AvgIpc) is 2.46. The lowest BCUT2D eigenvalue weighted by Gasteiger charge is -2.22. The fourth-order valence-electron chi connectivity index (χ4n) is 1.66. The number of carbonyl (C=O) groups is 2. The van der Waals surface area contributed by atoms with Gasteiger partial charge in [-0.25, -0.2) is 9.59 Å². The van der Waals surface area contributed by atoms with Gasteiger partial charge in [0.1, 0.15) is 12.7 Å². The number of hydrogen-bond donors (Lipinski definition) is 1. The Balaban J connectivity index is 1.92. The number of esters is 1. The van der Waals surface area contributed by atoms with Gasteiger partial charge >= 0.3 is 11.9 Å². The number of ether oxygens (including phenoxy) is 3. The van der Waals surface area contributed by atoms with Crippen molar-refractivity contribution in [3.05, 3.63) is 35.4 Å². The van der Waals surface area contributed by atoms with Crippen LogP contribution in [-0.2, 0) is 14.2 Å². The summed E-state index contributed by atoms with van der Waals surface area (Å²) in [6, 6.07) is 5.70. The second-order valence-corrected chi connectivity index (χ2v) is 4.05. The molecule has 102 valence electrons. The molecule has 0 aliphatic carbocycles. The van der Waals surface area contributed by atoms with E-state index in [0.29, 0.717) is 19.8 Å². The highest BCUT2D eigenvalue weighted by atomic mass is 16.6. The summed E-state index contributed by atoms with van der Waals surface area (Å²) >= 11 is 0. The molecule has 6 nitrogen and oxygen atoms in total. The van der Waals surface area contributed by atoms with Crippen LogP contribution in [0.15, 0.2) is 24.3 Å². The van der Waals surface area contributed by atoms with E-state index in [-0.39, 0.29) is 23.8 Å². The monoisotopic (exact) mass is 266 g/mol. The molecule has 0 radical (unpaired) electrons. The molecule has 1 heterocycles. The lowest BCUT2D eigenvalue weighted by Crippen LogP contribution is -2.33. The highest BCUT2D eigenvalue weighted by molar-refractivity contribution is 5.94. The highest BCUT2D eigenvalue weighted by Gasteiger charge is 2.17. The summed E-state index contributed by atoms with van der Waals surface area (Å²) in [6.07, 6.45) is -0.264. The minimum Gasteiger partial charge on any atom is -0.478 e. The average molecular weight is 266 g/mol. The Hall–Kier alpha value is -1.92. The zero-order chi connectivity index (χ0) is 13.7. The first-order valence-corrected chi connectivity index (χ1v) is 5.86. The molecule has 2 rings (SSSR count). The Bertz CT molecular complexity index is 464. The molecule has 1 aromatic rings. The first kappa shape index (κ1) is 13.5. The van der Waals surface area contributed by atoms with E-state index in [2.05, 4.69) is 0 Å². The third-order valence-corrected chi connectivity index (χ3v) is 2.63. The molecule has 1 aliphatic heterocycles. The second-order valence-electron chi connectivity index (χ2n) is 4.05. The van der Waals surface area contributed by atoms with Gasteiger partial charge in [-0.1, -0.05) is 6.07 Å². The van der Waals surface area contributed by atoms with Gasteiger partial charge in [-0.15, -0.1) is 0 Å². The second kappa shape index (κ2) is 6.31. The van der Waals surface area contributed by atoms with Crippen molar-refractivity contribution in [2.75, 3.05) is 26.4 Å². The zero-order valence-corrected chi connectivity index (χ0v) is 10.2. The minimum absolute atomic E-state index is 0.0479. The van der Waals surface area contributed by atoms with Crippen LogP contribution in [0.2, 0.25) is 0 Å². The quantitative estimate of drug-likeness (QED) is 0.817. The van der Waals surface area contributed by atoms with Crippen molar-refractivity contribution < 1.29 is 28.9 Å². The largest absolute Gasteiger partial charge is 0.478 e. The van der Waals surface area contributed by atoms with E-state index >= 15 is 0 Å². The molecule has 1 fully saturated rings. The summed E-state index contributed by atoms with van der Waals surface area (Å²) < 4.78 is 15.6. The molecule has 1 saturated heterocycles. The van der Waals surface area contributed by atoms with E-state index in [1.807, 2.05) is 0 Å². The van der Waals surface area contributed by atoms with Gasteiger partial charge in [-0.3, -0.25) is 0 Å². The van der Waals surface area contributed by atoms with Crippen LogP contribution < -0.4 is 0 Å². The van der Waals surface area contributed by atoms with Crippen molar-refractivity contribution in [3.63, 3.8) is 0 Å². The maximum atomic E-state index is 11.8. The smallest absolute Gasteiger partial charge is 0.338 e. The summed E-state index contributed by atoms with van der Waals surface area (Å²) in [6.45, 7) is 1.51. The normalized spacial score (nSPS) is 18.8. The van der Waals surface area contributed by atoms with E-state index in [4.69, 9.17) is 19.3 Å². The molecule has 0 aromatic heterocycles. The summed E-state index contributed by atoms with van der Waals surface area (Å²) in [7, 11) is 0. The Labute approximate surface area is 109 Å². The van der Waals surface area contributed by atoms with Gasteiger partial charge in [0.25, 0.3) is 0 Å². The number of carboxylic acids is 1. The summed E-state index contributed by atoms with van der Waals surface area (Å²) in [5, 5.41) is 8.84. The van der Waals surface area contributed by atoms with E-state index in [0.717, 1.165) is 0 Å². The lowest BCUT2D eigenvalue weighted by molar-refractivity contribution is -0.107. The Morgan fingerprint density at radius 3 is 2.79 bits per heavy atom. The number of benzene rings is 1. The Kier molecular flexibility index (Phi) is 4.48. The van der Waals surface area contributed by atoms with Crippen molar-refractivity contribution in [2.45, 2.75) is 6.10 Å². The summed E-state index contributed by atoms with van der Waals surface area (Å²) in [5.41, 5.74) is 0.253. The maximum absolute atomic E-state index is 11.8. The van der Waals surface area contributed by atoms with Crippen LogP contribution in [0.5, 0.6) is 0 Å². The molecule has 6 heteroatoms. The fraction of sp³-hybridized carbons (Fsp3) is 0.385. The van der Waals surface area contributed by atoms with Crippen LogP contribution in [0, 0.1) is 0 Å². The number of carbonyl (C=O) groups excluding carboxylic acids is 1. The molecule has 1 N–H and O–H groups in total. The predicted molar refractivity (Wildman–Crippen MR) is 64.2 cm³/mol. The molecule has 0 amide bonds. The summed E-state index contributed by atoms with van der Waals surface area (Å²) in [5.74, 6) is -1.66. The van der Waals surface area contributed by atoms with Gasteiger partial charge in [0.2, 0.25) is 0 Å². The lowest BCUT2D eigenvalue weighted by atomic mass is 10.1. The Morgan fingerprint density at radius 1 is 1.32 bits per heavy atom. The van der Waals surface area contributed by atoms with Gasteiger partial charge in [0.15, 0.2) is 0 Å². The molecule has 1 unspecified atom stereocenters. The number of rotatable bonds is 4. The van der Waals surface area contributed by atoms with Crippen molar-refractivity contribution >= 4 is 11.9 Å². The van der Waals surface area contributed by atoms with Crippen LogP contribution in [0.1, 0.15) is 20.7 Å². The van der Waals surface area contributed by atoms with Crippen molar-refractivity contribution in [1.29, 1.82) is 0 Å². The molecule has 1 aromatic carbocycles. The van der Waals surface area contributed by atoms with Crippen LogP contribution in [0.25, 0.3) is 0 Å². The van der Waals surface area contributed by atoms with Crippen molar-refractivity contribution in [1.82, 2.24) is 0 Å². The molecule has 0 bridgehead atoms. The molecule has 0 saturated carbocycles. The molecule has 0 spiro atoms. The first-order chi connectivity index (χ1) is 9.16. The fourth-order valence-corrected chi connectivity index (χ4v) is 1.66. The summed E-state index contributed by atoms with van der Waals surface area (Å²) in [4.78, 5) is 22.5. The molecule has 1 atom stereocenters. The Morgan fingerprint density at radius 2 is 2.11 bits per heavy atom. The van der Waals surface area contributed by atoms with Crippen LogP contribution >= 0.6 is 0 Å².